The molecule has 3 N–H and O–H groups in total. The average molecular weight is 566 g/mol. The van der Waals surface area contributed by atoms with Gasteiger partial charge >= 0.3 is 7.12 Å². The van der Waals surface area contributed by atoms with Crippen LogP contribution in [-0.4, -0.2) is 35.2 Å². The number of hydrogen-bond acceptors (Lipinski definition) is 7. The molecule has 42 heavy (non-hydrogen) atoms. The number of fused-ring (bicyclic) bond motifs is 3. The molecule has 1 aliphatic carbocycles. The number of imide groups is 1. The summed E-state index contributed by atoms with van der Waals surface area (Å²) in [6, 6.07) is 20.7. The van der Waals surface area contributed by atoms with Crippen molar-refractivity contribution in [2.24, 2.45) is 17.8 Å². The van der Waals surface area contributed by atoms with E-state index < -0.39 is 19.0 Å². The number of aliphatic hydroxyl groups is 1. The first-order valence-corrected chi connectivity index (χ1v) is 14.5. The summed E-state index contributed by atoms with van der Waals surface area (Å²) >= 11 is 0. The summed E-state index contributed by atoms with van der Waals surface area (Å²) in [5, 5.41) is 23.3. The lowest BCUT2D eigenvalue weighted by Crippen LogP contribution is -2.46. The van der Waals surface area contributed by atoms with Gasteiger partial charge in [0.05, 0.1) is 23.6 Å². The summed E-state index contributed by atoms with van der Waals surface area (Å²) in [7, 11) is -1.00. The number of anilines is 3. The maximum absolute atomic E-state index is 13.9. The van der Waals surface area contributed by atoms with Gasteiger partial charge in [-0.1, -0.05) is 29.3 Å². The van der Waals surface area contributed by atoms with Crippen LogP contribution in [0.3, 0.4) is 0 Å². The largest absolute Gasteiger partial charge is 0.459 e. The van der Waals surface area contributed by atoms with Crippen molar-refractivity contribution in [2.45, 2.75) is 52.1 Å². The molecule has 1 aromatic heterocycles. The number of carbonyl (C=O) groups excluding carboxylic acids is 2. The number of carbonyl (C=O) groups is 2. The first-order valence-electron chi connectivity index (χ1n) is 14.5. The molecule has 3 aliphatic rings. The maximum atomic E-state index is 13.9. The molecule has 2 aliphatic heterocycles. The lowest BCUT2D eigenvalue weighted by Gasteiger charge is -2.42. The fraction of sp³-hybridized carbons (Fsp3) is 0.333. The van der Waals surface area contributed by atoms with Gasteiger partial charge in [-0.2, -0.15) is 0 Å². The molecule has 2 aromatic carbocycles. The van der Waals surface area contributed by atoms with E-state index >= 15 is 0 Å². The minimum atomic E-state index is -1.00. The van der Waals surface area contributed by atoms with Gasteiger partial charge in [0.2, 0.25) is 11.8 Å². The van der Waals surface area contributed by atoms with E-state index in [0.717, 1.165) is 28.1 Å². The van der Waals surface area contributed by atoms with Gasteiger partial charge in [0.25, 0.3) is 0 Å². The predicted octanol–water partition coefficient (Wildman–Crippen LogP) is 5.72. The Labute approximate surface area is 245 Å². The number of nitrogens with one attached hydrogen (secondary N) is 1. The van der Waals surface area contributed by atoms with E-state index in [0.29, 0.717) is 42.8 Å². The third-order valence-electron chi connectivity index (χ3n) is 8.67. The summed E-state index contributed by atoms with van der Waals surface area (Å²) in [5.41, 5.74) is 5.58. The first-order chi connectivity index (χ1) is 20.3. The van der Waals surface area contributed by atoms with Crippen molar-refractivity contribution in [1.82, 2.24) is 0 Å². The van der Waals surface area contributed by atoms with E-state index in [1.165, 1.54) is 4.90 Å². The molecule has 0 radical (unpaired) electrons. The average Bonchev–Trinajstić information content (AvgIpc) is 3.53. The van der Waals surface area contributed by atoms with E-state index in [9.17, 15) is 19.7 Å². The third kappa shape index (κ3) is 5.47. The van der Waals surface area contributed by atoms with Gasteiger partial charge in [0.1, 0.15) is 18.1 Å². The Morgan fingerprint density at radius 3 is 2.48 bits per heavy atom. The van der Waals surface area contributed by atoms with Gasteiger partial charge in [-0.15, -0.1) is 0 Å². The second-order valence-corrected chi connectivity index (χ2v) is 11.5. The van der Waals surface area contributed by atoms with Gasteiger partial charge in [0, 0.05) is 11.4 Å². The Hall–Kier alpha value is -3.92. The smallest absolute Gasteiger partial charge is 0.455 e. The highest BCUT2D eigenvalue weighted by Gasteiger charge is 2.57. The van der Waals surface area contributed by atoms with Crippen LogP contribution < -0.4 is 10.2 Å². The van der Waals surface area contributed by atoms with E-state index in [-0.39, 0.29) is 30.4 Å². The molecule has 3 heterocycles. The number of aliphatic hydroxyl groups excluding tert-OH is 1. The number of allylic oxidation sites excluding steroid dienone is 2. The zero-order chi connectivity index (χ0) is 29.4. The summed E-state index contributed by atoms with van der Waals surface area (Å²) in [6.07, 6.45) is 3.73. The number of hydrogen-bond donors (Lipinski definition) is 3. The molecule has 0 saturated carbocycles. The molecule has 0 unspecified atom stereocenters. The highest BCUT2D eigenvalue weighted by atomic mass is 16.5. The molecular formula is C33H35BN2O6. The summed E-state index contributed by atoms with van der Waals surface area (Å²) in [5.74, 6) is -0.405. The number of benzene rings is 2. The lowest BCUT2D eigenvalue weighted by atomic mass is 9.59. The molecule has 2 amide bonds. The number of amides is 2. The van der Waals surface area contributed by atoms with E-state index in [1.54, 1.807) is 18.2 Å². The molecule has 2 fully saturated rings. The molecule has 0 spiro atoms. The summed E-state index contributed by atoms with van der Waals surface area (Å²) < 4.78 is 11.6. The molecule has 3 aromatic rings. The minimum absolute atomic E-state index is 0.146. The monoisotopic (exact) mass is 566 g/mol. The second-order valence-electron chi connectivity index (χ2n) is 11.5. The zero-order valence-corrected chi connectivity index (χ0v) is 23.8. The van der Waals surface area contributed by atoms with Crippen LogP contribution >= 0.6 is 0 Å². The van der Waals surface area contributed by atoms with Crippen LogP contribution in [0.1, 0.15) is 44.6 Å². The number of rotatable bonds is 8. The second kappa shape index (κ2) is 11.8. The fourth-order valence-corrected chi connectivity index (χ4v) is 6.79. The minimum Gasteiger partial charge on any atom is -0.459 e. The van der Waals surface area contributed by atoms with Crippen LogP contribution in [0.15, 0.2) is 87.9 Å². The van der Waals surface area contributed by atoms with Crippen molar-refractivity contribution < 1.29 is 28.8 Å². The normalized spacial score (nSPS) is 24.2. The van der Waals surface area contributed by atoms with E-state index in [2.05, 4.69) is 5.32 Å². The molecule has 216 valence electrons. The van der Waals surface area contributed by atoms with Crippen molar-refractivity contribution in [2.75, 3.05) is 10.2 Å². The van der Waals surface area contributed by atoms with E-state index in [4.69, 9.17) is 9.07 Å². The Bertz CT molecular complexity index is 1530. The van der Waals surface area contributed by atoms with Crippen molar-refractivity contribution >= 4 is 42.1 Å². The Morgan fingerprint density at radius 2 is 1.76 bits per heavy atom. The van der Waals surface area contributed by atoms with Gasteiger partial charge in [0.15, 0.2) is 0 Å². The maximum Gasteiger partial charge on any atom is 0.455 e. The quantitative estimate of drug-likeness (QED) is 0.182. The number of nitrogens with zero attached hydrogens (tertiary/aromatic N) is 1. The van der Waals surface area contributed by atoms with Crippen LogP contribution in [-0.2, 0) is 20.9 Å². The zero-order valence-electron chi connectivity index (χ0n) is 23.8. The van der Waals surface area contributed by atoms with Crippen molar-refractivity contribution in [3.63, 3.8) is 0 Å². The molecule has 2 saturated heterocycles. The molecule has 4 atom stereocenters. The Morgan fingerprint density at radius 1 is 1.02 bits per heavy atom. The van der Waals surface area contributed by atoms with Crippen molar-refractivity contribution in [1.29, 1.82) is 0 Å². The molecule has 9 heteroatoms. The highest BCUT2D eigenvalue weighted by Crippen LogP contribution is 2.51. The van der Waals surface area contributed by atoms with Gasteiger partial charge in [-0.25, -0.2) is 0 Å². The van der Waals surface area contributed by atoms with Gasteiger partial charge in [-0.05, 0) is 106 Å². The third-order valence-corrected chi connectivity index (χ3v) is 8.67. The summed E-state index contributed by atoms with van der Waals surface area (Å²) in [6.45, 7) is 3.89. The molecule has 0 bridgehead atoms. The fourth-order valence-electron chi connectivity index (χ4n) is 6.79. The standard InChI is InChI=1S/C33H35BN2O6/c1-20(16-25-13-14-26(19-37)41-25)8-15-29-30-21(2)17-27-31(28(30)18-34(40)42-29)33(39)36(32(27)38)24-11-9-23(10-12-24)35-22-6-4-3-5-7-22/h3-7,9-14,16,27-29,31,35,37,40H,8,15,17-19H2,1-2H3/b20-16+/t27-,28+,29-,31-/m1/s1. The van der Waals surface area contributed by atoms with Crippen LogP contribution in [0.25, 0.3) is 6.08 Å². The van der Waals surface area contributed by atoms with Crippen LogP contribution in [0, 0.1) is 17.8 Å². The first kappa shape index (κ1) is 28.2. The van der Waals surface area contributed by atoms with Gasteiger partial charge in [-0.3, -0.25) is 14.5 Å². The van der Waals surface area contributed by atoms with Crippen LogP contribution in [0.4, 0.5) is 17.1 Å². The van der Waals surface area contributed by atoms with Crippen LogP contribution in [0.2, 0.25) is 6.32 Å². The molecule has 6 rings (SSSR count). The predicted molar refractivity (Wildman–Crippen MR) is 162 cm³/mol. The Kier molecular flexibility index (Phi) is 7.90. The van der Waals surface area contributed by atoms with E-state index in [1.807, 2.05) is 68.5 Å². The van der Waals surface area contributed by atoms with Gasteiger partial charge < -0.3 is 24.5 Å². The SMILES string of the molecule is CC1=C2[C@@H](CC/C(C)=C/c3ccc(CO)o3)OB(O)C[C@@H]2[C@@H]2C(=O)N(c3ccc(Nc4ccccc4)cc3)C(=O)[C@@H]2C1. The number of para-hydroxylation sites is 1. The lowest BCUT2D eigenvalue weighted by molar-refractivity contribution is -0.122. The van der Waals surface area contributed by atoms with Crippen molar-refractivity contribution in [3.8, 4) is 0 Å². The highest BCUT2D eigenvalue weighted by molar-refractivity contribution is 6.43. The summed E-state index contributed by atoms with van der Waals surface area (Å²) in [4.78, 5) is 28.9. The Balaban J connectivity index is 1.19. The molecular weight excluding hydrogens is 531 g/mol. The van der Waals surface area contributed by atoms with Crippen molar-refractivity contribution in [3.05, 3.63) is 95.0 Å². The number of furan rings is 1. The van der Waals surface area contributed by atoms with Crippen LogP contribution in [0.5, 0.6) is 0 Å². The molecule has 8 nitrogen and oxygen atoms in total. The topological polar surface area (TPSA) is 112 Å².